The Morgan fingerprint density at radius 1 is 1.50 bits per heavy atom. The summed E-state index contributed by atoms with van der Waals surface area (Å²) in [6, 6.07) is 1.42. The standard InChI is InChI=1S/C12H13BrN4O3/c13-7-5-9(20-6-7)11(18)17-4-2-1-3-8(17)10-14-12(19)16-15-10/h5-6,8H,1-4H2,(H2,14,15,16,19). The highest BCUT2D eigenvalue weighted by Crippen LogP contribution is 2.30. The predicted octanol–water partition coefficient (Wildman–Crippen LogP) is 1.82. The zero-order valence-electron chi connectivity index (χ0n) is 10.6. The number of H-pyrrole nitrogens is 2. The summed E-state index contributed by atoms with van der Waals surface area (Å²) in [6.45, 7) is 0.622. The van der Waals surface area contributed by atoms with Crippen LogP contribution in [0.3, 0.4) is 0 Å². The van der Waals surface area contributed by atoms with E-state index in [1.807, 2.05) is 0 Å². The van der Waals surface area contributed by atoms with Crippen molar-refractivity contribution in [1.29, 1.82) is 0 Å². The molecule has 1 aliphatic heterocycles. The molecular weight excluding hydrogens is 328 g/mol. The van der Waals surface area contributed by atoms with E-state index in [-0.39, 0.29) is 23.4 Å². The second-order valence-corrected chi connectivity index (χ2v) is 5.62. The number of nitrogens with zero attached hydrogens (tertiary/aromatic N) is 2. The molecule has 20 heavy (non-hydrogen) atoms. The van der Waals surface area contributed by atoms with Crippen molar-refractivity contribution in [2.45, 2.75) is 25.3 Å². The number of aromatic nitrogens is 3. The number of hydrogen-bond donors (Lipinski definition) is 2. The van der Waals surface area contributed by atoms with E-state index >= 15 is 0 Å². The number of carbonyl (C=O) groups is 1. The number of halogens is 1. The summed E-state index contributed by atoms with van der Waals surface area (Å²) in [5.41, 5.74) is -0.362. The quantitative estimate of drug-likeness (QED) is 0.871. The van der Waals surface area contributed by atoms with Gasteiger partial charge in [-0.1, -0.05) is 0 Å². The third-order valence-corrected chi connectivity index (χ3v) is 3.79. The molecular formula is C12H13BrN4O3. The molecule has 2 aromatic heterocycles. The normalized spacial score (nSPS) is 19.2. The first-order valence-corrected chi connectivity index (χ1v) is 7.14. The average molecular weight is 341 g/mol. The van der Waals surface area contributed by atoms with Gasteiger partial charge in [-0.05, 0) is 35.2 Å². The van der Waals surface area contributed by atoms with Gasteiger partial charge in [0.25, 0.3) is 5.91 Å². The fraction of sp³-hybridized carbons (Fsp3) is 0.417. The van der Waals surface area contributed by atoms with Gasteiger partial charge in [0.1, 0.15) is 6.26 Å². The molecule has 8 heteroatoms. The molecule has 1 saturated heterocycles. The molecule has 2 N–H and O–H groups in total. The van der Waals surface area contributed by atoms with Crippen molar-refractivity contribution in [3.63, 3.8) is 0 Å². The molecule has 1 fully saturated rings. The number of aromatic amines is 2. The molecule has 3 heterocycles. The van der Waals surface area contributed by atoms with Gasteiger partial charge < -0.3 is 9.32 Å². The number of nitrogens with one attached hydrogen (secondary N) is 2. The first-order chi connectivity index (χ1) is 9.65. The van der Waals surface area contributed by atoms with E-state index < -0.39 is 0 Å². The molecule has 106 valence electrons. The highest BCUT2D eigenvalue weighted by molar-refractivity contribution is 9.10. The van der Waals surface area contributed by atoms with Crippen LogP contribution in [0.25, 0.3) is 0 Å². The number of furan rings is 1. The minimum absolute atomic E-state index is 0.191. The molecule has 0 bridgehead atoms. The van der Waals surface area contributed by atoms with E-state index in [1.165, 1.54) is 6.26 Å². The zero-order chi connectivity index (χ0) is 14.1. The fourth-order valence-electron chi connectivity index (χ4n) is 2.47. The molecule has 1 amide bonds. The number of amides is 1. The Bertz CT molecular complexity index is 674. The van der Waals surface area contributed by atoms with Gasteiger partial charge in [0, 0.05) is 12.6 Å². The van der Waals surface area contributed by atoms with Crippen LogP contribution < -0.4 is 5.69 Å². The molecule has 3 rings (SSSR count). The van der Waals surface area contributed by atoms with Gasteiger partial charge in [-0.2, -0.15) is 5.10 Å². The Labute approximate surface area is 122 Å². The number of carbonyl (C=O) groups excluding carboxylic acids is 1. The fourth-order valence-corrected chi connectivity index (χ4v) is 2.77. The lowest BCUT2D eigenvalue weighted by Crippen LogP contribution is -2.39. The summed E-state index contributed by atoms with van der Waals surface area (Å²) in [5.74, 6) is 0.583. The molecule has 7 nitrogen and oxygen atoms in total. The molecule has 2 aromatic rings. The first-order valence-electron chi connectivity index (χ1n) is 6.35. The molecule has 1 atom stereocenters. The maximum Gasteiger partial charge on any atom is 0.340 e. The third kappa shape index (κ3) is 2.43. The highest BCUT2D eigenvalue weighted by Gasteiger charge is 2.32. The van der Waals surface area contributed by atoms with Gasteiger partial charge in [0.2, 0.25) is 0 Å². The summed E-state index contributed by atoms with van der Waals surface area (Å²) in [7, 11) is 0. The Hall–Kier alpha value is -1.83. The summed E-state index contributed by atoms with van der Waals surface area (Å²) in [6.07, 6.45) is 4.17. The second kappa shape index (κ2) is 5.28. The Morgan fingerprint density at radius 2 is 2.35 bits per heavy atom. The van der Waals surface area contributed by atoms with Crippen molar-refractivity contribution in [1.82, 2.24) is 20.1 Å². The third-order valence-electron chi connectivity index (χ3n) is 3.38. The van der Waals surface area contributed by atoms with Crippen LogP contribution in [0.4, 0.5) is 0 Å². The van der Waals surface area contributed by atoms with Crippen LogP contribution in [0.2, 0.25) is 0 Å². The Kier molecular flexibility index (Phi) is 3.47. The maximum absolute atomic E-state index is 12.5. The summed E-state index contributed by atoms with van der Waals surface area (Å²) in [5, 5.41) is 6.28. The molecule has 0 aromatic carbocycles. The molecule has 1 aliphatic rings. The van der Waals surface area contributed by atoms with Crippen LogP contribution in [0.15, 0.2) is 26.0 Å². The maximum atomic E-state index is 12.5. The lowest BCUT2D eigenvalue weighted by Gasteiger charge is -2.33. The van der Waals surface area contributed by atoms with Crippen LogP contribution in [0.5, 0.6) is 0 Å². The van der Waals surface area contributed by atoms with Gasteiger partial charge in [0.15, 0.2) is 11.6 Å². The largest absolute Gasteiger partial charge is 0.458 e. The lowest BCUT2D eigenvalue weighted by molar-refractivity contribution is 0.0567. The predicted molar refractivity (Wildman–Crippen MR) is 73.2 cm³/mol. The first kappa shape index (κ1) is 13.2. The molecule has 0 aliphatic carbocycles. The van der Waals surface area contributed by atoms with E-state index in [2.05, 4.69) is 31.1 Å². The van der Waals surface area contributed by atoms with E-state index in [0.29, 0.717) is 12.4 Å². The summed E-state index contributed by atoms with van der Waals surface area (Å²) in [4.78, 5) is 28.0. The van der Waals surface area contributed by atoms with E-state index in [1.54, 1.807) is 11.0 Å². The van der Waals surface area contributed by atoms with Crippen molar-refractivity contribution in [3.05, 3.63) is 38.9 Å². The van der Waals surface area contributed by atoms with E-state index in [4.69, 9.17) is 4.42 Å². The van der Waals surface area contributed by atoms with Crippen molar-refractivity contribution in [3.8, 4) is 0 Å². The number of likely N-dealkylation sites (tertiary alicyclic amines) is 1. The van der Waals surface area contributed by atoms with Gasteiger partial charge in [0.05, 0.1) is 10.5 Å². The second-order valence-electron chi connectivity index (χ2n) is 4.70. The van der Waals surface area contributed by atoms with E-state index in [9.17, 15) is 9.59 Å². The monoisotopic (exact) mass is 340 g/mol. The molecule has 0 spiro atoms. The summed E-state index contributed by atoms with van der Waals surface area (Å²) < 4.78 is 5.96. The van der Waals surface area contributed by atoms with Gasteiger partial charge in [-0.3, -0.25) is 9.78 Å². The van der Waals surface area contributed by atoms with Crippen molar-refractivity contribution < 1.29 is 9.21 Å². The minimum atomic E-state index is -0.362. The Balaban J connectivity index is 1.89. The molecule has 0 saturated carbocycles. The van der Waals surface area contributed by atoms with Crippen LogP contribution >= 0.6 is 15.9 Å². The SMILES string of the molecule is O=C(c1cc(Br)co1)N1CCCCC1c1n[nH]c(=O)[nH]1. The topological polar surface area (TPSA) is 95.0 Å². The van der Waals surface area contributed by atoms with Gasteiger partial charge >= 0.3 is 5.69 Å². The van der Waals surface area contributed by atoms with Gasteiger partial charge in [-0.25, -0.2) is 9.89 Å². The Morgan fingerprint density at radius 3 is 3.00 bits per heavy atom. The average Bonchev–Trinajstić information content (AvgIpc) is 3.07. The van der Waals surface area contributed by atoms with E-state index in [0.717, 1.165) is 23.7 Å². The number of hydrogen-bond acceptors (Lipinski definition) is 4. The van der Waals surface area contributed by atoms with Crippen molar-refractivity contribution in [2.75, 3.05) is 6.54 Å². The minimum Gasteiger partial charge on any atom is -0.458 e. The van der Waals surface area contributed by atoms with Crippen LogP contribution in [0.1, 0.15) is 41.7 Å². The lowest BCUT2D eigenvalue weighted by atomic mass is 10.0. The van der Waals surface area contributed by atoms with Crippen LogP contribution in [0, 0.1) is 0 Å². The molecule has 0 radical (unpaired) electrons. The molecule has 1 unspecified atom stereocenters. The van der Waals surface area contributed by atoms with Crippen LogP contribution in [-0.2, 0) is 0 Å². The van der Waals surface area contributed by atoms with Crippen molar-refractivity contribution in [2.24, 2.45) is 0 Å². The number of piperidine rings is 1. The van der Waals surface area contributed by atoms with Crippen LogP contribution in [-0.4, -0.2) is 32.5 Å². The number of rotatable bonds is 2. The summed E-state index contributed by atoms with van der Waals surface area (Å²) >= 11 is 3.26. The zero-order valence-corrected chi connectivity index (χ0v) is 12.1. The van der Waals surface area contributed by atoms with Crippen molar-refractivity contribution >= 4 is 21.8 Å². The van der Waals surface area contributed by atoms with Gasteiger partial charge in [-0.15, -0.1) is 0 Å². The smallest absolute Gasteiger partial charge is 0.340 e. The highest BCUT2D eigenvalue weighted by atomic mass is 79.9.